The average molecular weight is 453 g/mol. The molecule has 2 amide bonds. The lowest BCUT2D eigenvalue weighted by molar-refractivity contribution is 0.174. The van der Waals surface area contributed by atoms with Gasteiger partial charge in [-0.15, -0.1) is 0 Å². The van der Waals surface area contributed by atoms with Crippen molar-refractivity contribution >= 4 is 34.2 Å². The zero-order chi connectivity index (χ0) is 22.7. The normalized spacial score (nSPS) is 16.4. The fourth-order valence-corrected chi connectivity index (χ4v) is 4.63. The van der Waals surface area contributed by atoms with Crippen LogP contribution < -0.4 is 10.9 Å². The van der Waals surface area contributed by atoms with E-state index in [4.69, 9.17) is 11.6 Å². The van der Waals surface area contributed by atoms with Crippen molar-refractivity contribution in [2.24, 2.45) is 0 Å². The molecule has 6 nitrogen and oxygen atoms in total. The SMILES string of the molecule is CCN1CCC[C@H]1CN(Cc1cc2cc(C)ccc2[nH]c1=O)C(=O)Nc1ccccc1Cl. The Balaban J connectivity index is 1.63. The standard InChI is InChI=1S/C25H29ClN4O2/c1-3-29-12-6-7-20(29)16-30(25(32)28-23-9-5-4-8-21(23)26)15-19-14-18-13-17(2)10-11-22(18)27-24(19)31/h4-5,8-11,13-14,20H,3,6-7,12,15-16H2,1-2H3,(H,27,31)(H,28,32)/t20-/m0/s1. The van der Waals surface area contributed by atoms with Gasteiger partial charge in [0, 0.05) is 23.7 Å². The second-order valence-electron chi connectivity index (χ2n) is 8.43. The van der Waals surface area contributed by atoms with Crippen LogP contribution in [0.1, 0.15) is 30.9 Å². The summed E-state index contributed by atoms with van der Waals surface area (Å²) in [4.78, 5) is 33.2. The van der Waals surface area contributed by atoms with Crippen molar-refractivity contribution in [2.75, 3.05) is 25.0 Å². The van der Waals surface area contributed by atoms with E-state index in [1.807, 2.05) is 43.3 Å². The number of likely N-dealkylation sites (tertiary alicyclic amines) is 1. The van der Waals surface area contributed by atoms with Gasteiger partial charge in [0.1, 0.15) is 0 Å². The molecule has 4 rings (SSSR count). The van der Waals surface area contributed by atoms with Crippen LogP contribution >= 0.6 is 11.6 Å². The number of aryl methyl sites for hydroxylation is 1. The maximum absolute atomic E-state index is 13.3. The third-order valence-electron chi connectivity index (χ3n) is 6.18. The maximum Gasteiger partial charge on any atom is 0.322 e. The molecule has 1 aliphatic heterocycles. The largest absolute Gasteiger partial charge is 0.322 e. The quantitative estimate of drug-likeness (QED) is 0.552. The molecule has 0 radical (unpaired) electrons. The smallest absolute Gasteiger partial charge is 0.322 e. The summed E-state index contributed by atoms with van der Waals surface area (Å²) in [5.74, 6) is 0. The molecule has 1 aliphatic rings. The second-order valence-corrected chi connectivity index (χ2v) is 8.84. The van der Waals surface area contributed by atoms with E-state index in [1.54, 1.807) is 17.0 Å². The van der Waals surface area contributed by atoms with Gasteiger partial charge in [0.25, 0.3) is 5.56 Å². The number of anilines is 1. The van der Waals surface area contributed by atoms with Crippen LogP contribution in [0.2, 0.25) is 5.02 Å². The molecular weight excluding hydrogens is 424 g/mol. The fraction of sp³-hybridized carbons (Fsp3) is 0.360. The molecule has 168 valence electrons. The van der Waals surface area contributed by atoms with Crippen LogP contribution in [0, 0.1) is 6.92 Å². The molecule has 2 heterocycles. The molecule has 1 saturated heterocycles. The Morgan fingerprint density at radius 2 is 2.06 bits per heavy atom. The summed E-state index contributed by atoms with van der Waals surface area (Å²) in [7, 11) is 0. The van der Waals surface area contributed by atoms with Gasteiger partial charge in [0.2, 0.25) is 0 Å². The maximum atomic E-state index is 13.3. The molecule has 2 aromatic carbocycles. The van der Waals surface area contributed by atoms with Crippen molar-refractivity contribution in [2.45, 2.75) is 39.3 Å². The Bertz CT molecular complexity index is 1180. The Hall–Kier alpha value is -2.83. The van der Waals surface area contributed by atoms with Gasteiger partial charge in [-0.3, -0.25) is 9.69 Å². The Morgan fingerprint density at radius 1 is 1.25 bits per heavy atom. The number of likely N-dealkylation sites (N-methyl/N-ethyl adjacent to an activating group) is 1. The third kappa shape index (κ3) is 4.97. The van der Waals surface area contributed by atoms with Crippen LogP contribution in [0.4, 0.5) is 10.5 Å². The number of carbonyl (C=O) groups is 1. The lowest BCUT2D eigenvalue weighted by Gasteiger charge is -2.30. The number of fused-ring (bicyclic) bond motifs is 1. The molecule has 3 aromatic rings. The predicted octanol–water partition coefficient (Wildman–Crippen LogP) is 5.01. The van der Waals surface area contributed by atoms with E-state index in [1.165, 1.54) is 0 Å². The van der Waals surface area contributed by atoms with Gasteiger partial charge in [0.05, 0.1) is 17.3 Å². The van der Waals surface area contributed by atoms with E-state index >= 15 is 0 Å². The average Bonchev–Trinajstić information content (AvgIpc) is 3.22. The first-order valence-corrected chi connectivity index (χ1v) is 11.5. The van der Waals surface area contributed by atoms with Crippen molar-refractivity contribution < 1.29 is 4.79 Å². The number of para-hydroxylation sites is 1. The van der Waals surface area contributed by atoms with Gasteiger partial charge in [-0.05, 0) is 68.6 Å². The number of halogens is 1. The van der Waals surface area contributed by atoms with Gasteiger partial charge < -0.3 is 15.2 Å². The summed E-state index contributed by atoms with van der Waals surface area (Å²) in [5, 5.41) is 4.37. The van der Waals surface area contributed by atoms with Crippen molar-refractivity contribution in [1.29, 1.82) is 0 Å². The topological polar surface area (TPSA) is 68.4 Å². The minimum Gasteiger partial charge on any atom is -0.322 e. The van der Waals surface area contributed by atoms with E-state index in [0.29, 0.717) is 22.8 Å². The van der Waals surface area contributed by atoms with Crippen LogP contribution in [-0.2, 0) is 6.54 Å². The minimum absolute atomic E-state index is 0.171. The number of H-pyrrole nitrogens is 1. The second kappa shape index (κ2) is 9.76. The van der Waals surface area contributed by atoms with Crippen molar-refractivity contribution in [3.8, 4) is 0 Å². The van der Waals surface area contributed by atoms with Crippen LogP contribution in [0.5, 0.6) is 0 Å². The van der Waals surface area contributed by atoms with Gasteiger partial charge in [-0.2, -0.15) is 0 Å². The molecule has 7 heteroatoms. The number of benzene rings is 2. The number of hydrogen-bond donors (Lipinski definition) is 2. The molecule has 32 heavy (non-hydrogen) atoms. The van der Waals surface area contributed by atoms with E-state index in [0.717, 1.165) is 42.4 Å². The predicted molar refractivity (Wildman–Crippen MR) is 130 cm³/mol. The summed E-state index contributed by atoms with van der Waals surface area (Å²) in [6.07, 6.45) is 2.16. The molecule has 0 bridgehead atoms. The fourth-order valence-electron chi connectivity index (χ4n) is 4.44. The van der Waals surface area contributed by atoms with Crippen LogP contribution in [0.3, 0.4) is 0 Å². The van der Waals surface area contributed by atoms with E-state index in [9.17, 15) is 9.59 Å². The van der Waals surface area contributed by atoms with Gasteiger partial charge in [0.15, 0.2) is 0 Å². The molecule has 1 atom stereocenters. The Kier molecular flexibility index (Phi) is 6.82. The number of rotatable bonds is 6. The van der Waals surface area contributed by atoms with Crippen LogP contribution in [0.15, 0.2) is 53.3 Å². The first kappa shape index (κ1) is 22.4. The number of carbonyl (C=O) groups excluding carboxylic acids is 1. The van der Waals surface area contributed by atoms with E-state index < -0.39 is 0 Å². The minimum atomic E-state index is -0.259. The first-order valence-electron chi connectivity index (χ1n) is 11.1. The van der Waals surface area contributed by atoms with Gasteiger partial charge in [-0.1, -0.05) is 42.3 Å². The zero-order valence-corrected chi connectivity index (χ0v) is 19.3. The van der Waals surface area contributed by atoms with Gasteiger partial charge >= 0.3 is 6.03 Å². The van der Waals surface area contributed by atoms with E-state index in [2.05, 4.69) is 22.1 Å². The van der Waals surface area contributed by atoms with Gasteiger partial charge in [-0.25, -0.2) is 4.79 Å². The number of aromatic amines is 1. The number of hydrogen-bond acceptors (Lipinski definition) is 3. The number of aromatic nitrogens is 1. The lowest BCUT2D eigenvalue weighted by Crippen LogP contribution is -2.45. The summed E-state index contributed by atoms with van der Waals surface area (Å²) < 4.78 is 0. The molecule has 0 saturated carbocycles. The molecule has 1 fully saturated rings. The van der Waals surface area contributed by atoms with Crippen molar-refractivity contribution in [1.82, 2.24) is 14.8 Å². The van der Waals surface area contributed by atoms with Crippen LogP contribution in [0.25, 0.3) is 10.9 Å². The van der Waals surface area contributed by atoms with Crippen molar-refractivity contribution in [3.05, 3.63) is 75.0 Å². The summed E-state index contributed by atoms with van der Waals surface area (Å²) in [6, 6.07) is 15.0. The molecule has 0 spiro atoms. The molecular formula is C25H29ClN4O2. The molecule has 0 unspecified atom stereocenters. The molecule has 0 aliphatic carbocycles. The van der Waals surface area contributed by atoms with Crippen molar-refractivity contribution in [3.63, 3.8) is 0 Å². The Labute approximate surface area is 193 Å². The number of amides is 2. The monoisotopic (exact) mass is 452 g/mol. The first-order chi connectivity index (χ1) is 15.4. The Morgan fingerprint density at radius 3 is 2.84 bits per heavy atom. The number of pyridine rings is 1. The van der Waals surface area contributed by atoms with Crippen LogP contribution in [-0.4, -0.2) is 46.5 Å². The summed E-state index contributed by atoms with van der Waals surface area (Å²) in [5.41, 5.74) is 2.87. The third-order valence-corrected chi connectivity index (χ3v) is 6.51. The lowest BCUT2D eigenvalue weighted by atomic mass is 10.1. The highest BCUT2D eigenvalue weighted by Gasteiger charge is 2.28. The number of urea groups is 1. The molecule has 2 N–H and O–H groups in total. The highest BCUT2D eigenvalue weighted by atomic mass is 35.5. The summed E-state index contributed by atoms with van der Waals surface area (Å²) in [6.45, 7) is 6.92. The molecule has 1 aromatic heterocycles. The highest BCUT2D eigenvalue weighted by molar-refractivity contribution is 6.33. The summed E-state index contributed by atoms with van der Waals surface area (Å²) >= 11 is 6.26. The zero-order valence-electron chi connectivity index (χ0n) is 18.5. The number of nitrogens with one attached hydrogen (secondary N) is 2. The highest BCUT2D eigenvalue weighted by Crippen LogP contribution is 2.23. The number of nitrogens with zero attached hydrogens (tertiary/aromatic N) is 2. The van der Waals surface area contributed by atoms with E-state index in [-0.39, 0.29) is 24.2 Å².